The van der Waals surface area contributed by atoms with E-state index in [1.807, 2.05) is 24.3 Å². The molecule has 0 unspecified atom stereocenters. The summed E-state index contributed by atoms with van der Waals surface area (Å²) in [5.74, 6) is 0.659. The van der Waals surface area contributed by atoms with E-state index in [1.54, 1.807) is 17.5 Å². The van der Waals surface area contributed by atoms with Crippen molar-refractivity contribution in [1.82, 2.24) is 4.98 Å². The summed E-state index contributed by atoms with van der Waals surface area (Å²) in [5.41, 5.74) is 3.87. The van der Waals surface area contributed by atoms with Gasteiger partial charge in [-0.2, -0.15) is 0 Å². The highest BCUT2D eigenvalue weighted by atomic mass is 32.1. The molecule has 0 aliphatic heterocycles. The molecule has 130 valence electrons. The van der Waals surface area contributed by atoms with Gasteiger partial charge in [0, 0.05) is 27.5 Å². The van der Waals surface area contributed by atoms with E-state index in [2.05, 4.69) is 46.7 Å². The summed E-state index contributed by atoms with van der Waals surface area (Å²) in [4.78, 5) is 6.46. The Morgan fingerprint density at radius 1 is 1.04 bits per heavy atom. The third kappa shape index (κ3) is 3.54. The van der Waals surface area contributed by atoms with Gasteiger partial charge >= 0.3 is 0 Å². The Morgan fingerprint density at radius 3 is 2.69 bits per heavy atom. The number of nitrogens with zero attached hydrogens (tertiary/aromatic N) is 1. The zero-order valence-corrected chi connectivity index (χ0v) is 14.9. The molecule has 2 aromatic carbocycles. The van der Waals surface area contributed by atoms with Gasteiger partial charge in [0.1, 0.15) is 0 Å². The molecule has 0 atom stereocenters. The third-order valence-corrected chi connectivity index (χ3v) is 5.29. The molecule has 0 bridgehead atoms. The summed E-state index contributed by atoms with van der Waals surface area (Å²) in [6.45, 7) is 0.687. The number of nitrogens with one attached hydrogen (secondary N) is 1. The molecular formula is C21H18N2O2S. The normalized spacial score (nSPS) is 10.8. The number of hydrogen-bond donors (Lipinski definition) is 2. The van der Waals surface area contributed by atoms with Crippen molar-refractivity contribution in [3.63, 3.8) is 0 Å². The molecule has 2 heterocycles. The van der Waals surface area contributed by atoms with Crippen molar-refractivity contribution in [1.29, 1.82) is 0 Å². The van der Waals surface area contributed by atoms with E-state index in [-0.39, 0.29) is 6.61 Å². The maximum atomic E-state index is 9.67. The first-order valence-electron chi connectivity index (χ1n) is 8.34. The molecule has 5 heteroatoms. The first kappa shape index (κ1) is 16.6. The summed E-state index contributed by atoms with van der Waals surface area (Å²) in [7, 11) is 0. The highest BCUT2D eigenvalue weighted by Crippen LogP contribution is 2.29. The van der Waals surface area contributed by atoms with Crippen LogP contribution in [0, 0.1) is 0 Å². The predicted molar refractivity (Wildman–Crippen MR) is 105 cm³/mol. The molecule has 0 amide bonds. The summed E-state index contributed by atoms with van der Waals surface area (Å²) in [6, 6.07) is 20.6. The van der Waals surface area contributed by atoms with Gasteiger partial charge in [0.25, 0.3) is 0 Å². The number of aromatic nitrogens is 1. The van der Waals surface area contributed by atoms with E-state index < -0.39 is 0 Å². The molecule has 0 aliphatic rings. The van der Waals surface area contributed by atoms with Gasteiger partial charge in [-0.3, -0.25) is 0 Å². The van der Waals surface area contributed by atoms with Crippen LogP contribution in [0.5, 0.6) is 0 Å². The molecule has 2 aromatic heterocycles. The summed E-state index contributed by atoms with van der Waals surface area (Å²) < 4.78 is 5.34. The lowest BCUT2D eigenvalue weighted by Crippen LogP contribution is -1.99. The van der Waals surface area contributed by atoms with Crippen molar-refractivity contribution in [2.45, 2.75) is 13.2 Å². The second kappa shape index (κ2) is 7.56. The number of thiophene rings is 1. The van der Waals surface area contributed by atoms with E-state index in [9.17, 15) is 5.11 Å². The average molecular weight is 362 g/mol. The number of rotatable bonds is 6. The van der Waals surface area contributed by atoms with Crippen LogP contribution in [0.15, 0.2) is 77.7 Å². The maximum Gasteiger partial charge on any atom is 0.181 e. The van der Waals surface area contributed by atoms with Crippen molar-refractivity contribution in [2.75, 3.05) is 5.32 Å². The van der Waals surface area contributed by atoms with Gasteiger partial charge in [-0.05, 0) is 41.5 Å². The van der Waals surface area contributed by atoms with E-state index in [0.717, 1.165) is 23.4 Å². The van der Waals surface area contributed by atoms with Gasteiger partial charge in [-0.15, -0.1) is 11.3 Å². The second-order valence-corrected chi connectivity index (χ2v) is 7.05. The smallest absolute Gasteiger partial charge is 0.181 e. The lowest BCUT2D eigenvalue weighted by molar-refractivity contribution is 0.282. The lowest BCUT2D eigenvalue weighted by Gasteiger charge is -2.10. The van der Waals surface area contributed by atoms with Crippen molar-refractivity contribution in [3.8, 4) is 21.8 Å². The van der Waals surface area contributed by atoms with Crippen molar-refractivity contribution in [3.05, 3.63) is 83.7 Å². The average Bonchev–Trinajstić information content (AvgIpc) is 3.39. The molecule has 2 N–H and O–H groups in total. The van der Waals surface area contributed by atoms with Crippen LogP contribution in [0.3, 0.4) is 0 Å². The highest BCUT2D eigenvalue weighted by Gasteiger charge is 2.09. The Morgan fingerprint density at radius 2 is 1.92 bits per heavy atom. The molecule has 0 fully saturated rings. The standard InChI is InChI=1S/C21H18N2O2S/c24-13-16-10-17(6-8-19(16)20-12-22-14-25-20)23-11-18-7-9-21(26-18)15-4-2-1-3-5-15/h1-10,12,14,23-24H,11,13H2. The Kier molecular flexibility index (Phi) is 4.82. The van der Waals surface area contributed by atoms with Crippen LogP contribution in [0.25, 0.3) is 21.8 Å². The molecule has 4 rings (SSSR count). The lowest BCUT2D eigenvalue weighted by atomic mass is 10.1. The number of aliphatic hydroxyl groups is 1. The van der Waals surface area contributed by atoms with Gasteiger partial charge < -0.3 is 14.8 Å². The van der Waals surface area contributed by atoms with Crippen molar-refractivity contribution < 1.29 is 9.52 Å². The van der Waals surface area contributed by atoms with E-state index >= 15 is 0 Å². The quantitative estimate of drug-likeness (QED) is 0.496. The number of oxazole rings is 1. The molecule has 0 radical (unpaired) electrons. The zero-order chi connectivity index (χ0) is 17.8. The molecule has 4 nitrogen and oxygen atoms in total. The molecule has 0 saturated carbocycles. The van der Waals surface area contributed by atoms with Gasteiger partial charge in [0.05, 0.1) is 12.8 Å². The van der Waals surface area contributed by atoms with E-state index in [4.69, 9.17) is 4.42 Å². The maximum absolute atomic E-state index is 9.67. The Labute approximate surface area is 155 Å². The van der Waals surface area contributed by atoms with Crippen LogP contribution in [-0.2, 0) is 13.2 Å². The van der Waals surface area contributed by atoms with Crippen LogP contribution in [-0.4, -0.2) is 10.1 Å². The van der Waals surface area contributed by atoms with Crippen LogP contribution < -0.4 is 5.32 Å². The minimum absolute atomic E-state index is 0.0529. The van der Waals surface area contributed by atoms with Gasteiger partial charge in [0.2, 0.25) is 0 Å². The Balaban J connectivity index is 1.48. The first-order chi connectivity index (χ1) is 12.8. The molecule has 26 heavy (non-hydrogen) atoms. The predicted octanol–water partition coefficient (Wildman–Crippen LogP) is 5.17. The number of hydrogen-bond acceptors (Lipinski definition) is 5. The molecule has 0 aliphatic carbocycles. The fraction of sp³-hybridized carbons (Fsp3) is 0.0952. The zero-order valence-electron chi connectivity index (χ0n) is 14.1. The van der Waals surface area contributed by atoms with Gasteiger partial charge in [-0.1, -0.05) is 30.3 Å². The fourth-order valence-electron chi connectivity index (χ4n) is 2.84. The Bertz CT molecular complexity index is 978. The van der Waals surface area contributed by atoms with E-state index in [0.29, 0.717) is 5.76 Å². The molecule has 4 aromatic rings. The molecule has 0 spiro atoms. The van der Waals surface area contributed by atoms with Crippen LogP contribution in [0.1, 0.15) is 10.4 Å². The van der Waals surface area contributed by atoms with Crippen LogP contribution in [0.4, 0.5) is 5.69 Å². The molecular weight excluding hydrogens is 344 g/mol. The van der Waals surface area contributed by atoms with Crippen molar-refractivity contribution in [2.24, 2.45) is 0 Å². The van der Waals surface area contributed by atoms with Gasteiger partial charge in [0.15, 0.2) is 12.2 Å². The highest BCUT2D eigenvalue weighted by molar-refractivity contribution is 7.15. The van der Waals surface area contributed by atoms with Crippen LogP contribution >= 0.6 is 11.3 Å². The van der Waals surface area contributed by atoms with Crippen LogP contribution in [0.2, 0.25) is 0 Å². The number of benzene rings is 2. The minimum atomic E-state index is -0.0529. The largest absolute Gasteiger partial charge is 0.444 e. The SMILES string of the molecule is OCc1cc(NCc2ccc(-c3ccccc3)s2)ccc1-c1cnco1. The number of anilines is 1. The monoisotopic (exact) mass is 362 g/mol. The third-order valence-electron chi connectivity index (χ3n) is 4.16. The summed E-state index contributed by atoms with van der Waals surface area (Å²) in [6.07, 6.45) is 3.04. The summed E-state index contributed by atoms with van der Waals surface area (Å²) >= 11 is 1.78. The first-order valence-corrected chi connectivity index (χ1v) is 9.16. The Hall–Kier alpha value is -2.89. The minimum Gasteiger partial charge on any atom is -0.444 e. The fourth-order valence-corrected chi connectivity index (χ4v) is 3.80. The van der Waals surface area contributed by atoms with Gasteiger partial charge in [-0.25, -0.2) is 4.98 Å². The number of aliphatic hydroxyl groups excluding tert-OH is 1. The second-order valence-electron chi connectivity index (χ2n) is 5.88. The van der Waals surface area contributed by atoms with E-state index in [1.165, 1.54) is 21.7 Å². The summed E-state index contributed by atoms with van der Waals surface area (Å²) in [5, 5.41) is 13.1. The van der Waals surface area contributed by atoms with Crippen molar-refractivity contribution >= 4 is 17.0 Å². The molecule has 0 saturated heterocycles. The topological polar surface area (TPSA) is 58.3 Å².